The number of carboxylic acid groups (broad SMARTS) is 1. The monoisotopic (exact) mass is 460 g/mol. The first-order chi connectivity index (χ1) is 15.3. The Bertz CT molecular complexity index is 1070. The average Bonchev–Trinajstić information content (AvgIpc) is 3.31. The molecule has 9 heteroatoms. The van der Waals surface area contributed by atoms with Gasteiger partial charge >= 0.3 is 5.97 Å². The highest BCUT2D eigenvalue weighted by Gasteiger charge is 2.32. The molecule has 174 valence electrons. The minimum absolute atomic E-state index is 0.0246. The fraction of sp³-hybridized carbons (Fsp3) is 0.522. The van der Waals surface area contributed by atoms with E-state index in [-0.39, 0.29) is 11.6 Å². The van der Waals surface area contributed by atoms with E-state index in [0.717, 1.165) is 61.7 Å². The number of benzene rings is 1. The summed E-state index contributed by atoms with van der Waals surface area (Å²) in [6.45, 7) is 3.94. The van der Waals surface area contributed by atoms with Crippen molar-refractivity contribution in [2.24, 2.45) is 0 Å². The van der Waals surface area contributed by atoms with Gasteiger partial charge in [0.1, 0.15) is 18.8 Å². The van der Waals surface area contributed by atoms with Gasteiger partial charge in [0, 0.05) is 25.3 Å². The molecule has 1 aliphatic heterocycles. The predicted molar refractivity (Wildman–Crippen MR) is 127 cm³/mol. The number of aromatic nitrogens is 3. The van der Waals surface area contributed by atoms with Crippen molar-refractivity contribution in [3.63, 3.8) is 0 Å². The molecule has 4 rings (SSSR count). The molecule has 3 aromatic rings. The SMILES string of the molecule is CS(C)(C)CCOCn1c(CCCN2CC(c3nc(C(=O)O)co3)C2)nc2ccccc21. The third kappa shape index (κ3) is 5.51. The molecule has 0 spiro atoms. The first-order valence-electron chi connectivity index (χ1n) is 10.9. The maximum absolute atomic E-state index is 11.0. The second kappa shape index (κ2) is 9.64. The van der Waals surface area contributed by atoms with Gasteiger partial charge in [-0.3, -0.25) is 0 Å². The lowest BCUT2D eigenvalue weighted by atomic mass is 10.00. The molecule has 0 radical (unpaired) electrons. The fourth-order valence-corrected chi connectivity index (χ4v) is 4.49. The number of para-hydroxylation sites is 2. The van der Waals surface area contributed by atoms with Crippen LogP contribution in [0.25, 0.3) is 11.0 Å². The molecule has 0 unspecified atom stereocenters. The molecule has 32 heavy (non-hydrogen) atoms. The number of aromatic carboxylic acids is 1. The quantitative estimate of drug-likeness (QED) is 0.438. The summed E-state index contributed by atoms with van der Waals surface area (Å²) in [4.78, 5) is 22.2. The Kier molecular flexibility index (Phi) is 6.88. The smallest absolute Gasteiger partial charge is 0.357 e. The molecule has 0 amide bonds. The number of aryl methyl sites for hydroxylation is 1. The van der Waals surface area contributed by atoms with Crippen molar-refractivity contribution in [1.82, 2.24) is 19.4 Å². The molecule has 0 aliphatic carbocycles. The number of carboxylic acids is 1. The molecule has 0 bridgehead atoms. The van der Waals surface area contributed by atoms with Crippen LogP contribution in [-0.4, -0.2) is 81.3 Å². The minimum atomic E-state index is -1.05. The normalized spacial score (nSPS) is 15.8. The third-order valence-electron chi connectivity index (χ3n) is 5.72. The van der Waals surface area contributed by atoms with Gasteiger partial charge in [0.05, 0.1) is 23.6 Å². The van der Waals surface area contributed by atoms with E-state index in [4.69, 9.17) is 19.2 Å². The number of likely N-dealkylation sites (tertiary alicyclic amines) is 1. The Morgan fingerprint density at radius 3 is 2.75 bits per heavy atom. The molecular weight excluding hydrogens is 428 g/mol. The summed E-state index contributed by atoms with van der Waals surface area (Å²) in [7, 11) is -0.561. The van der Waals surface area contributed by atoms with E-state index in [0.29, 0.717) is 12.6 Å². The maximum atomic E-state index is 11.0. The Labute approximate surface area is 189 Å². The van der Waals surface area contributed by atoms with Gasteiger partial charge < -0.3 is 23.7 Å². The molecule has 1 aliphatic rings. The van der Waals surface area contributed by atoms with E-state index < -0.39 is 16.0 Å². The van der Waals surface area contributed by atoms with Gasteiger partial charge in [-0.25, -0.2) is 24.8 Å². The lowest BCUT2D eigenvalue weighted by molar-refractivity contribution is 0.0690. The molecule has 1 aromatic carbocycles. The standard InChI is InChI=1S/C23H32N4O4S/c1-32(2,3)12-11-30-16-27-20-8-5-4-7-18(20)24-21(27)9-6-10-26-13-17(14-26)22-25-19(15-31-22)23(28)29/h4-5,7-8,15,17H,6,9-14,16H2,1-3H3,(H,28,29). The van der Waals surface area contributed by atoms with Gasteiger partial charge in [0.15, 0.2) is 5.69 Å². The van der Waals surface area contributed by atoms with Crippen LogP contribution in [0.3, 0.4) is 0 Å². The summed E-state index contributed by atoms with van der Waals surface area (Å²) in [5, 5.41) is 8.98. The number of hydrogen-bond acceptors (Lipinski definition) is 6. The number of carbonyl (C=O) groups is 1. The first-order valence-corrected chi connectivity index (χ1v) is 13.9. The highest BCUT2D eigenvalue weighted by molar-refractivity contribution is 8.32. The molecular formula is C23H32N4O4S. The number of hydrogen-bond donors (Lipinski definition) is 1. The van der Waals surface area contributed by atoms with Crippen molar-refractivity contribution in [2.45, 2.75) is 25.5 Å². The van der Waals surface area contributed by atoms with Gasteiger partial charge in [-0.05, 0) is 43.9 Å². The number of imidazole rings is 1. The predicted octanol–water partition coefficient (Wildman–Crippen LogP) is 3.42. The van der Waals surface area contributed by atoms with Gasteiger partial charge in [0.25, 0.3) is 0 Å². The van der Waals surface area contributed by atoms with Crippen LogP contribution >= 0.6 is 10.0 Å². The summed E-state index contributed by atoms with van der Waals surface area (Å²) >= 11 is 0. The molecule has 8 nitrogen and oxygen atoms in total. The van der Waals surface area contributed by atoms with Crippen LogP contribution in [0, 0.1) is 0 Å². The van der Waals surface area contributed by atoms with E-state index in [9.17, 15) is 4.79 Å². The molecule has 0 saturated carbocycles. The maximum Gasteiger partial charge on any atom is 0.357 e. The number of nitrogens with zero attached hydrogens (tertiary/aromatic N) is 4. The molecule has 1 saturated heterocycles. The van der Waals surface area contributed by atoms with E-state index in [2.05, 4.69) is 45.4 Å². The Morgan fingerprint density at radius 2 is 2.03 bits per heavy atom. The van der Waals surface area contributed by atoms with Crippen molar-refractivity contribution in [3.8, 4) is 0 Å². The average molecular weight is 461 g/mol. The van der Waals surface area contributed by atoms with Gasteiger partial charge in [-0.2, -0.15) is 0 Å². The van der Waals surface area contributed by atoms with Crippen molar-refractivity contribution in [3.05, 3.63) is 47.9 Å². The summed E-state index contributed by atoms with van der Waals surface area (Å²) in [5.41, 5.74) is 2.10. The molecule has 2 aromatic heterocycles. The van der Waals surface area contributed by atoms with Crippen molar-refractivity contribution in [2.75, 3.05) is 50.8 Å². The van der Waals surface area contributed by atoms with Crippen LogP contribution in [0.15, 0.2) is 34.9 Å². The van der Waals surface area contributed by atoms with E-state index in [1.165, 1.54) is 6.26 Å². The number of ether oxygens (including phenoxy) is 1. The van der Waals surface area contributed by atoms with E-state index >= 15 is 0 Å². The topological polar surface area (TPSA) is 93.6 Å². The van der Waals surface area contributed by atoms with Crippen molar-refractivity contribution < 1.29 is 19.1 Å². The molecule has 3 heterocycles. The molecule has 0 atom stereocenters. The van der Waals surface area contributed by atoms with Gasteiger partial charge in [-0.1, -0.05) is 12.1 Å². The summed E-state index contributed by atoms with van der Waals surface area (Å²) in [6, 6.07) is 8.22. The van der Waals surface area contributed by atoms with Crippen LogP contribution in [-0.2, 0) is 17.9 Å². The van der Waals surface area contributed by atoms with Crippen LogP contribution in [0.2, 0.25) is 0 Å². The highest BCUT2D eigenvalue weighted by atomic mass is 32.3. The second-order valence-electron chi connectivity index (χ2n) is 9.21. The van der Waals surface area contributed by atoms with Crippen LogP contribution in [0.1, 0.15) is 34.5 Å². The van der Waals surface area contributed by atoms with Crippen LogP contribution in [0.5, 0.6) is 0 Å². The lowest BCUT2D eigenvalue weighted by Crippen LogP contribution is -2.45. The van der Waals surface area contributed by atoms with Gasteiger partial charge in [0.2, 0.25) is 5.89 Å². The summed E-state index contributed by atoms with van der Waals surface area (Å²) < 4.78 is 13.5. The van der Waals surface area contributed by atoms with Crippen LogP contribution < -0.4 is 0 Å². The van der Waals surface area contributed by atoms with Crippen molar-refractivity contribution >= 4 is 27.0 Å². The minimum Gasteiger partial charge on any atom is -0.476 e. The van der Waals surface area contributed by atoms with E-state index in [1.807, 2.05) is 12.1 Å². The zero-order chi connectivity index (χ0) is 22.7. The highest BCUT2D eigenvalue weighted by Crippen LogP contribution is 2.33. The number of oxazole rings is 1. The Hall–Kier alpha value is -2.36. The molecule has 1 N–H and O–H groups in total. The van der Waals surface area contributed by atoms with Crippen molar-refractivity contribution in [1.29, 1.82) is 0 Å². The number of rotatable bonds is 11. The lowest BCUT2D eigenvalue weighted by Gasteiger charge is -2.37. The fourth-order valence-electron chi connectivity index (χ4n) is 3.87. The zero-order valence-electron chi connectivity index (χ0n) is 19.0. The first kappa shape index (κ1) is 22.8. The summed E-state index contributed by atoms with van der Waals surface area (Å²) in [6.07, 6.45) is 10.0. The zero-order valence-corrected chi connectivity index (χ0v) is 19.8. The Balaban J connectivity index is 1.29. The van der Waals surface area contributed by atoms with E-state index in [1.54, 1.807) is 0 Å². The third-order valence-corrected chi connectivity index (χ3v) is 7.11. The summed E-state index contributed by atoms with van der Waals surface area (Å²) in [5.74, 6) is 1.80. The van der Waals surface area contributed by atoms with Crippen LogP contribution in [0.4, 0.5) is 0 Å². The largest absolute Gasteiger partial charge is 0.476 e. The van der Waals surface area contributed by atoms with Gasteiger partial charge in [-0.15, -0.1) is 0 Å². The Morgan fingerprint density at radius 1 is 1.25 bits per heavy atom. The second-order valence-corrected chi connectivity index (χ2v) is 13.8. The molecule has 1 fully saturated rings. The number of fused-ring (bicyclic) bond motifs is 1.